The van der Waals surface area contributed by atoms with Crippen LogP contribution in [-0.4, -0.2) is 24.6 Å². The lowest BCUT2D eigenvalue weighted by molar-refractivity contribution is -0.384. The number of hydrogen-bond donors (Lipinski definition) is 0. The summed E-state index contributed by atoms with van der Waals surface area (Å²) in [6.07, 6.45) is 6.61. The normalized spacial score (nSPS) is 11.7. The third-order valence-electron chi connectivity index (χ3n) is 3.72. The minimum absolute atomic E-state index is 0.0258. The number of nitrogens with zero attached hydrogens (tertiary/aromatic N) is 2. The highest BCUT2D eigenvalue weighted by Gasteiger charge is 2.13. The molecule has 1 aromatic heterocycles. The van der Waals surface area contributed by atoms with Crippen molar-refractivity contribution in [2.75, 3.05) is 6.26 Å². The summed E-state index contributed by atoms with van der Waals surface area (Å²) in [6, 6.07) is 10.9. The van der Waals surface area contributed by atoms with Gasteiger partial charge in [-0.05, 0) is 41.0 Å². The van der Waals surface area contributed by atoms with Crippen LogP contribution in [0, 0.1) is 10.1 Å². The van der Waals surface area contributed by atoms with E-state index in [1.807, 2.05) is 12.2 Å². The molecular formula is C18H14N2O4S2. The lowest BCUT2D eigenvalue weighted by Crippen LogP contribution is -1.96. The van der Waals surface area contributed by atoms with Gasteiger partial charge < -0.3 is 0 Å². The minimum atomic E-state index is -3.30. The van der Waals surface area contributed by atoms with Gasteiger partial charge >= 0.3 is 0 Å². The summed E-state index contributed by atoms with van der Waals surface area (Å²) < 4.78 is 23.2. The fraction of sp³-hybridized carbons (Fsp3) is 0.0556. The Hall–Kier alpha value is -2.84. The van der Waals surface area contributed by atoms with Gasteiger partial charge in [-0.2, -0.15) is 0 Å². The van der Waals surface area contributed by atoms with E-state index in [-0.39, 0.29) is 10.6 Å². The highest BCUT2D eigenvalue weighted by molar-refractivity contribution is 7.90. The Morgan fingerprint density at radius 3 is 2.42 bits per heavy atom. The summed E-state index contributed by atoms with van der Waals surface area (Å²) in [4.78, 5) is 15.8. The predicted octanol–water partition coefficient (Wildman–Crippen LogP) is 4.29. The van der Waals surface area contributed by atoms with Gasteiger partial charge in [0.2, 0.25) is 0 Å². The van der Waals surface area contributed by atoms with Crippen molar-refractivity contribution < 1.29 is 13.3 Å². The summed E-state index contributed by atoms with van der Waals surface area (Å²) in [7, 11) is -3.30. The molecule has 0 saturated carbocycles. The number of rotatable bonds is 5. The van der Waals surface area contributed by atoms with E-state index < -0.39 is 14.8 Å². The molecule has 2 aromatic carbocycles. The number of hydrogen-bond acceptors (Lipinski definition) is 6. The van der Waals surface area contributed by atoms with Gasteiger partial charge in [-0.1, -0.05) is 18.2 Å². The first kappa shape index (κ1) is 18.0. The Bertz CT molecular complexity index is 1070. The molecule has 8 heteroatoms. The fourth-order valence-corrected chi connectivity index (χ4v) is 3.56. The van der Waals surface area contributed by atoms with Crippen LogP contribution in [0.3, 0.4) is 0 Å². The molecular weight excluding hydrogens is 372 g/mol. The molecule has 0 fully saturated rings. The topological polar surface area (TPSA) is 90.2 Å². The molecule has 6 nitrogen and oxygen atoms in total. The second kappa shape index (κ2) is 7.19. The van der Waals surface area contributed by atoms with E-state index >= 15 is 0 Å². The minimum Gasteiger partial charge on any atom is -0.258 e. The number of thiazole rings is 1. The number of nitro groups is 1. The van der Waals surface area contributed by atoms with Gasteiger partial charge in [0.15, 0.2) is 9.84 Å². The Morgan fingerprint density at radius 1 is 1.12 bits per heavy atom. The monoisotopic (exact) mass is 386 g/mol. The fourth-order valence-electron chi connectivity index (χ4n) is 2.41. The van der Waals surface area contributed by atoms with Crippen LogP contribution in [0.5, 0.6) is 0 Å². The number of non-ortho nitro benzene ring substituents is 1. The maximum Gasteiger partial charge on any atom is 0.270 e. The molecule has 0 atom stereocenters. The molecule has 26 heavy (non-hydrogen) atoms. The molecule has 0 radical (unpaired) electrons. The SMILES string of the molecule is CS(=O)(=O)c1ccc(-c2cc([N+](=O)[O-])ccc2C=Cc2cncs2)cc1. The number of aromatic nitrogens is 1. The average Bonchev–Trinajstić information content (AvgIpc) is 3.12. The number of sulfone groups is 1. The Kier molecular flexibility index (Phi) is 4.97. The summed E-state index contributed by atoms with van der Waals surface area (Å²) in [6.45, 7) is 0. The van der Waals surface area contributed by atoms with Crippen LogP contribution in [0.2, 0.25) is 0 Å². The second-order valence-corrected chi connectivity index (χ2v) is 8.50. The molecule has 0 aliphatic heterocycles. The van der Waals surface area contributed by atoms with Gasteiger partial charge in [0, 0.05) is 29.5 Å². The Balaban J connectivity index is 2.08. The van der Waals surface area contributed by atoms with Gasteiger partial charge in [-0.25, -0.2) is 8.42 Å². The summed E-state index contributed by atoms with van der Waals surface area (Å²) in [5, 5.41) is 11.1. The zero-order valence-electron chi connectivity index (χ0n) is 13.7. The molecule has 0 N–H and O–H groups in total. The first-order valence-electron chi connectivity index (χ1n) is 7.50. The van der Waals surface area contributed by atoms with Crippen LogP contribution in [-0.2, 0) is 9.84 Å². The van der Waals surface area contributed by atoms with E-state index in [4.69, 9.17) is 0 Å². The highest BCUT2D eigenvalue weighted by atomic mass is 32.2. The summed E-state index contributed by atoms with van der Waals surface area (Å²) >= 11 is 1.48. The molecule has 0 bridgehead atoms. The predicted molar refractivity (Wildman–Crippen MR) is 103 cm³/mol. The molecule has 0 amide bonds. The number of nitro benzene ring substituents is 1. The van der Waals surface area contributed by atoms with Crippen LogP contribution in [0.1, 0.15) is 10.4 Å². The Labute approximate surface area is 154 Å². The van der Waals surface area contributed by atoms with Gasteiger partial charge in [0.25, 0.3) is 5.69 Å². The first-order valence-corrected chi connectivity index (χ1v) is 10.3. The molecule has 0 aliphatic rings. The first-order chi connectivity index (χ1) is 12.3. The lowest BCUT2D eigenvalue weighted by atomic mass is 9.98. The van der Waals surface area contributed by atoms with E-state index in [0.29, 0.717) is 11.1 Å². The van der Waals surface area contributed by atoms with E-state index in [1.54, 1.807) is 29.9 Å². The van der Waals surface area contributed by atoms with E-state index in [1.165, 1.54) is 35.6 Å². The third kappa shape index (κ3) is 4.04. The molecule has 0 spiro atoms. The third-order valence-corrected chi connectivity index (χ3v) is 5.59. The Morgan fingerprint density at radius 2 is 1.85 bits per heavy atom. The van der Waals surface area contributed by atoms with Gasteiger partial charge in [-0.15, -0.1) is 11.3 Å². The zero-order chi connectivity index (χ0) is 18.7. The smallest absolute Gasteiger partial charge is 0.258 e. The van der Waals surface area contributed by atoms with E-state index in [9.17, 15) is 18.5 Å². The van der Waals surface area contributed by atoms with Crippen molar-refractivity contribution in [2.24, 2.45) is 0 Å². The molecule has 0 aliphatic carbocycles. The summed E-state index contributed by atoms with van der Waals surface area (Å²) in [5.41, 5.74) is 3.84. The highest BCUT2D eigenvalue weighted by Crippen LogP contribution is 2.30. The van der Waals surface area contributed by atoms with Crippen molar-refractivity contribution in [3.05, 3.63) is 74.7 Å². The van der Waals surface area contributed by atoms with Crippen molar-refractivity contribution in [1.82, 2.24) is 4.98 Å². The van der Waals surface area contributed by atoms with Crippen LogP contribution in [0.15, 0.2) is 59.1 Å². The molecule has 132 valence electrons. The van der Waals surface area contributed by atoms with Crippen molar-refractivity contribution in [3.8, 4) is 11.1 Å². The maximum absolute atomic E-state index is 11.6. The largest absolute Gasteiger partial charge is 0.270 e. The zero-order valence-corrected chi connectivity index (χ0v) is 15.3. The average molecular weight is 386 g/mol. The van der Waals surface area contributed by atoms with Crippen LogP contribution < -0.4 is 0 Å². The summed E-state index contributed by atoms with van der Waals surface area (Å²) in [5.74, 6) is 0. The van der Waals surface area contributed by atoms with E-state index in [2.05, 4.69) is 4.98 Å². The van der Waals surface area contributed by atoms with Crippen molar-refractivity contribution >= 4 is 39.0 Å². The second-order valence-electron chi connectivity index (χ2n) is 5.56. The lowest BCUT2D eigenvalue weighted by Gasteiger charge is -2.08. The molecule has 1 heterocycles. The number of benzene rings is 2. The molecule has 3 aromatic rings. The van der Waals surface area contributed by atoms with Crippen molar-refractivity contribution in [1.29, 1.82) is 0 Å². The quantitative estimate of drug-likeness (QED) is 0.482. The maximum atomic E-state index is 11.6. The molecule has 0 saturated heterocycles. The standard InChI is InChI=1S/C18H14N2O4S2/c1-26(23,24)17-8-4-14(5-9-17)18-10-15(20(21)22)6-2-13(18)3-7-16-11-19-12-25-16/h2-12H,1H3. The van der Waals surface area contributed by atoms with Crippen molar-refractivity contribution in [3.63, 3.8) is 0 Å². The van der Waals surface area contributed by atoms with Gasteiger partial charge in [-0.3, -0.25) is 15.1 Å². The van der Waals surface area contributed by atoms with Crippen LogP contribution in [0.25, 0.3) is 23.3 Å². The van der Waals surface area contributed by atoms with Crippen LogP contribution in [0.4, 0.5) is 5.69 Å². The molecule has 3 rings (SSSR count). The van der Waals surface area contributed by atoms with Gasteiger partial charge in [0.1, 0.15) is 0 Å². The molecule has 0 unspecified atom stereocenters. The van der Waals surface area contributed by atoms with Crippen molar-refractivity contribution in [2.45, 2.75) is 4.90 Å². The van der Waals surface area contributed by atoms with Crippen LogP contribution >= 0.6 is 11.3 Å². The van der Waals surface area contributed by atoms with Gasteiger partial charge in [0.05, 0.1) is 15.3 Å². The van der Waals surface area contributed by atoms with E-state index in [0.717, 1.165) is 16.7 Å².